The van der Waals surface area contributed by atoms with Crippen LogP contribution in [0.1, 0.15) is 58.8 Å². The second kappa shape index (κ2) is 46.5. The molecule has 24 heteroatoms. The molecule has 3 aromatic rings. The zero-order valence-corrected chi connectivity index (χ0v) is 48.3. The molecular formula is C59H87N3O21. The summed E-state index contributed by atoms with van der Waals surface area (Å²) >= 11 is 0. The standard InChI is InChI=1S/C59H87N3O21/c1-68-55-15-13-47(41-56(55)69-2)12-14-53(83-59(67)52-10-3-4-17-60-52)48-7-5-9-50(42-48)81-44-57(65)62-19-22-79-46-80-40-39-78-38-37-77-36-35-76-34-33-75-32-31-74-30-29-73-28-27-72-26-25-71-24-23-70-21-18-61-58(66)45-82-54-11-6-8-49(43-64)51(54)16-20-63/h5-9,11,13,15,20,41-43,52-53,60H,3-4,10,12,14,16-19,21-40,44-46H2,1-2H3,(H,61,66)(H,62,65)/t52?,53-/m1/s1. The number of hydrogen-bond donors (Lipinski definition) is 3. The van der Waals surface area contributed by atoms with Crippen LogP contribution in [0.25, 0.3) is 0 Å². The highest BCUT2D eigenvalue weighted by molar-refractivity contribution is 5.81. The molecule has 1 unspecified atom stereocenters. The van der Waals surface area contributed by atoms with Crippen molar-refractivity contribution < 1.29 is 99.8 Å². The number of rotatable bonds is 52. The lowest BCUT2D eigenvalue weighted by Crippen LogP contribution is -2.41. The summed E-state index contributed by atoms with van der Waals surface area (Å²) in [6, 6.07) is 17.5. The molecule has 0 aromatic heterocycles. The van der Waals surface area contributed by atoms with E-state index >= 15 is 0 Å². The van der Waals surface area contributed by atoms with Crippen molar-refractivity contribution in [3.05, 3.63) is 82.9 Å². The van der Waals surface area contributed by atoms with E-state index in [2.05, 4.69) is 16.0 Å². The molecule has 464 valence electrons. The van der Waals surface area contributed by atoms with Gasteiger partial charge in [0.15, 0.2) is 24.7 Å². The maximum atomic E-state index is 13.2. The summed E-state index contributed by atoms with van der Waals surface area (Å²) in [6.07, 6.45) is 4.67. The minimum atomic E-state index is -0.541. The summed E-state index contributed by atoms with van der Waals surface area (Å²) in [5, 5.41) is 8.72. The molecular weight excluding hydrogens is 1090 g/mol. The van der Waals surface area contributed by atoms with Gasteiger partial charge in [0, 0.05) is 30.6 Å². The minimum absolute atomic E-state index is 0.0165. The third kappa shape index (κ3) is 32.1. The predicted octanol–water partition coefficient (Wildman–Crippen LogP) is 3.45. The number of piperidine rings is 1. The molecule has 4 rings (SSSR count). The van der Waals surface area contributed by atoms with Gasteiger partial charge in [-0.1, -0.05) is 36.8 Å². The predicted molar refractivity (Wildman–Crippen MR) is 302 cm³/mol. The number of aldehydes is 2. The lowest BCUT2D eigenvalue weighted by atomic mass is 10.00. The molecule has 0 saturated carbocycles. The Morgan fingerprint density at radius 2 is 1.08 bits per heavy atom. The number of benzene rings is 3. The summed E-state index contributed by atoms with van der Waals surface area (Å²) in [5.74, 6) is 1.12. The maximum Gasteiger partial charge on any atom is 0.323 e. The Hall–Kier alpha value is -5.87. The van der Waals surface area contributed by atoms with Gasteiger partial charge < -0.3 is 96.5 Å². The van der Waals surface area contributed by atoms with Gasteiger partial charge in [-0.15, -0.1) is 0 Å². The second-order valence-electron chi connectivity index (χ2n) is 18.3. The van der Waals surface area contributed by atoms with E-state index in [0.717, 1.165) is 36.9 Å². The van der Waals surface area contributed by atoms with Gasteiger partial charge >= 0.3 is 5.97 Å². The molecule has 2 atom stereocenters. The lowest BCUT2D eigenvalue weighted by molar-refractivity contribution is -0.153. The van der Waals surface area contributed by atoms with Gasteiger partial charge in [0.1, 0.15) is 43.0 Å². The van der Waals surface area contributed by atoms with E-state index in [1.165, 1.54) is 0 Å². The molecule has 1 heterocycles. The topological polar surface area (TPSA) is 269 Å². The van der Waals surface area contributed by atoms with Crippen LogP contribution in [0.15, 0.2) is 60.7 Å². The molecule has 0 spiro atoms. The Bertz CT molecular complexity index is 2220. The number of aryl methyl sites for hydroxylation is 1. The first-order valence-electron chi connectivity index (χ1n) is 28.2. The second-order valence-corrected chi connectivity index (χ2v) is 18.3. The normalized spacial score (nSPS) is 13.4. The van der Waals surface area contributed by atoms with Crippen molar-refractivity contribution in [1.82, 2.24) is 16.0 Å². The number of nitrogens with one attached hydrogen (secondary N) is 3. The lowest BCUT2D eigenvalue weighted by Gasteiger charge is -2.26. The summed E-state index contributed by atoms with van der Waals surface area (Å²) < 4.78 is 88.7. The first kappa shape index (κ1) is 69.6. The molecule has 0 radical (unpaired) electrons. The van der Waals surface area contributed by atoms with Crippen molar-refractivity contribution in [2.75, 3.05) is 186 Å². The van der Waals surface area contributed by atoms with Crippen LogP contribution in [-0.4, -0.2) is 222 Å². The minimum Gasteiger partial charge on any atom is -0.493 e. The fraction of sp³-hybridized carbons (Fsp3) is 0.610. The largest absolute Gasteiger partial charge is 0.493 e. The van der Waals surface area contributed by atoms with Gasteiger partial charge in [-0.3, -0.25) is 19.2 Å². The van der Waals surface area contributed by atoms with Crippen LogP contribution in [0.4, 0.5) is 0 Å². The number of carbonyl (C=O) groups excluding carboxylic acids is 5. The first-order valence-corrected chi connectivity index (χ1v) is 28.2. The van der Waals surface area contributed by atoms with Crippen LogP contribution < -0.4 is 34.9 Å². The quantitative estimate of drug-likeness (QED) is 0.0316. The van der Waals surface area contributed by atoms with E-state index < -0.39 is 6.10 Å². The Morgan fingerprint density at radius 3 is 1.61 bits per heavy atom. The van der Waals surface area contributed by atoms with E-state index in [-0.39, 0.29) is 69.9 Å². The number of amides is 2. The zero-order chi connectivity index (χ0) is 59.1. The molecule has 1 saturated heterocycles. The monoisotopic (exact) mass is 1170 g/mol. The van der Waals surface area contributed by atoms with Gasteiger partial charge in [-0.05, 0) is 73.7 Å². The SMILES string of the molecule is COc1ccc(CC[C@@H](OC(=O)C2CCCCN2)c2cccc(OCC(=O)NCCOCOCCOCCOCCOCCOCCOCCOCCOCCOCCOCCNC(=O)COc3cccc(C=O)c3CC=O)c2)cc1OC. The van der Waals surface area contributed by atoms with Gasteiger partial charge in [0.25, 0.3) is 11.8 Å². The molecule has 1 aliphatic heterocycles. The van der Waals surface area contributed by atoms with E-state index in [9.17, 15) is 24.0 Å². The molecule has 3 aromatic carbocycles. The number of ether oxygens (including phenoxy) is 16. The third-order valence-corrected chi connectivity index (χ3v) is 12.2. The summed E-state index contributed by atoms with van der Waals surface area (Å²) in [5.41, 5.74) is 2.57. The molecule has 3 N–H and O–H groups in total. The van der Waals surface area contributed by atoms with E-state index in [4.69, 9.17) is 75.8 Å². The first-order chi connectivity index (χ1) is 40.8. The summed E-state index contributed by atoms with van der Waals surface area (Å²) in [4.78, 5) is 60.0. The fourth-order valence-corrected chi connectivity index (χ4v) is 7.91. The maximum absolute atomic E-state index is 13.2. The van der Waals surface area contributed by atoms with E-state index in [0.29, 0.717) is 185 Å². The Balaban J connectivity index is 0.842. The highest BCUT2D eigenvalue weighted by Gasteiger charge is 2.26. The summed E-state index contributed by atoms with van der Waals surface area (Å²) in [6.45, 7) is 9.01. The highest BCUT2D eigenvalue weighted by Crippen LogP contribution is 2.31. The van der Waals surface area contributed by atoms with Crippen molar-refractivity contribution in [2.24, 2.45) is 0 Å². The van der Waals surface area contributed by atoms with Gasteiger partial charge in [0.2, 0.25) is 0 Å². The van der Waals surface area contributed by atoms with Crippen LogP contribution in [0.3, 0.4) is 0 Å². The van der Waals surface area contributed by atoms with Crippen LogP contribution in [-0.2, 0) is 88.9 Å². The van der Waals surface area contributed by atoms with Crippen molar-refractivity contribution in [3.63, 3.8) is 0 Å². The molecule has 0 bridgehead atoms. The van der Waals surface area contributed by atoms with Crippen molar-refractivity contribution in [2.45, 2.75) is 50.7 Å². The summed E-state index contributed by atoms with van der Waals surface area (Å²) in [7, 11) is 3.19. The van der Waals surface area contributed by atoms with Gasteiger partial charge in [-0.2, -0.15) is 0 Å². The van der Waals surface area contributed by atoms with E-state index in [1.807, 2.05) is 30.3 Å². The Morgan fingerprint density at radius 1 is 0.566 bits per heavy atom. The number of methoxy groups -OCH3 is 2. The highest BCUT2D eigenvalue weighted by atomic mass is 16.7. The average molecular weight is 1170 g/mol. The molecule has 0 aliphatic carbocycles. The fourth-order valence-electron chi connectivity index (χ4n) is 7.91. The van der Waals surface area contributed by atoms with Crippen molar-refractivity contribution in [3.8, 4) is 23.0 Å². The molecule has 24 nitrogen and oxygen atoms in total. The molecule has 2 amide bonds. The number of carbonyl (C=O) groups is 5. The van der Waals surface area contributed by atoms with Gasteiger partial charge in [0.05, 0.1) is 146 Å². The molecule has 83 heavy (non-hydrogen) atoms. The molecule has 1 aliphatic rings. The van der Waals surface area contributed by atoms with Gasteiger partial charge in [-0.25, -0.2) is 0 Å². The Kier molecular flexibility index (Phi) is 39.0. The van der Waals surface area contributed by atoms with Crippen LogP contribution >= 0.6 is 0 Å². The van der Waals surface area contributed by atoms with Crippen molar-refractivity contribution >= 4 is 30.4 Å². The average Bonchev–Trinajstić information content (AvgIpc) is 3.54. The van der Waals surface area contributed by atoms with Crippen molar-refractivity contribution in [1.29, 1.82) is 0 Å². The Labute approximate surface area is 487 Å². The van der Waals surface area contributed by atoms with Crippen LogP contribution in [0.2, 0.25) is 0 Å². The number of hydrogen-bond acceptors (Lipinski definition) is 22. The third-order valence-electron chi connectivity index (χ3n) is 12.2. The van der Waals surface area contributed by atoms with Crippen LogP contribution in [0, 0.1) is 0 Å². The number of esters is 1. The molecule has 1 fully saturated rings. The van der Waals surface area contributed by atoms with Crippen LogP contribution in [0.5, 0.6) is 23.0 Å². The smallest absolute Gasteiger partial charge is 0.323 e. The van der Waals surface area contributed by atoms with E-state index in [1.54, 1.807) is 44.6 Å². The zero-order valence-electron chi connectivity index (χ0n) is 48.3.